The van der Waals surface area contributed by atoms with Crippen LogP contribution in [0.3, 0.4) is 0 Å². The highest BCUT2D eigenvalue weighted by Gasteiger charge is 2.15. The number of aryl methyl sites for hydroxylation is 1. The van der Waals surface area contributed by atoms with Gasteiger partial charge in [0.25, 0.3) is 0 Å². The molecule has 1 aliphatic rings. The molecule has 1 aliphatic heterocycles. The van der Waals surface area contributed by atoms with Crippen LogP contribution in [0.1, 0.15) is 6.42 Å². The maximum Gasteiger partial charge on any atom is 0.0487 e. The summed E-state index contributed by atoms with van der Waals surface area (Å²) in [7, 11) is 2.21. The zero-order valence-electron chi connectivity index (χ0n) is 17.8. The fourth-order valence-corrected chi connectivity index (χ4v) is 5.23. The summed E-state index contributed by atoms with van der Waals surface area (Å²) in [5.74, 6) is 0. The fraction of sp³-hybridized carbons (Fsp3) is 0.320. The summed E-state index contributed by atoms with van der Waals surface area (Å²) < 4.78 is 2.38. The van der Waals surface area contributed by atoms with Gasteiger partial charge in [0.05, 0.1) is 0 Å². The van der Waals surface area contributed by atoms with E-state index in [9.17, 15) is 0 Å². The third kappa shape index (κ3) is 4.55. The number of halogens is 1. The highest BCUT2D eigenvalue weighted by atomic mass is 35.5. The lowest BCUT2D eigenvalue weighted by atomic mass is 10.0. The van der Waals surface area contributed by atoms with E-state index in [4.69, 9.17) is 11.6 Å². The van der Waals surface area contributed by atoms with Gasteiger partial charge in [0.15, 0.2) is 0 Å². The number of nitrogens with zero attached hydrogens (tertiary/aromatic N) is 4. The molecule has 0 spiro atoms. The first-order chi connectivity index (χ1) is 15.2. The summed E-state index contributed by atoms with van der Waals surface area (Å²) in [4.78, 5) is 9.52. The van der Waals surface area contributed by atoms with Crippen LogP contribution in [0.4, 0.5) is 0 Å². The lowest BCUT2D eigenvalue weighted by Gasteiger charge is -2.32. The molecule has 3 aromatic heterocycles. The lowest BCUT2D eigenvalue weighted by Crippen LogP contribution is -2.44. The minimum atomic E-state index is 0.769. The van der Waals surface area contributed by atoms with Crippen molar-refractivity contribution in [1.29, 1.82) is 0 Å². The van der Waals surface area contributed by atoms with Crippen LogP contribution in [0.15, 0.2) is 59.7 Å². The smallest absolute Gasteiger partial charge is 0.0487 e. The summed E-state index contributed by atoms with van der Waals surface area (Å²) in [6, 6.07) is 10.6. The monoisotopic (exact) mass is 450 g/mol. The average molecular weight is 451 g/mol. The molecule has 160 valence electrons. The molecule has 0 bridgehead atoms. The van der Waals surface area contributed by atoms with Gasteiger partial charge in [0.2, 0.25) is 0 Å². The molecule has 4 aromatic rings. The number of benzene rings is 1. The molecule has 4 heterocycles. The molecule has 1 aromatic carbocycles. The van der Waals surface area contributed by atoms with Gasteiger partial charge in [-0.25, -0.2) is 0 Å². The molecule has 31 heavy (non-hydrogen) atoms. The Labute approximate surface area is 192 Å². The largest absolute Gasteiger partial charge is 0.347 e. The summed E-state index contributed by atoms with van der Waals surface area (Å²) >= 11 is 8.09. The zero-order valence-corrected chi connectivity index (χ0v) is 19.4. The Morgan fingerprint density at radius 3 is 2.61 bits per heavy atom. The van der Waals surface area contributed by atoms with Crippen molar-refractivity contribution >= 4 is 33.8 Å². The van der Waals surface area contributed by atoms with Crippen LogP contribution in [0.5, 0.6) is 0 Å². The quantitative estimate of drug-likeness (QED) is 0.375. The maximum absolute atomic E-state index is 6.38. The Morgan fingerprint density at radius 2 is 1.81 bits per heavy atom. The molecule has 0 saturated carbocycles. The SMILES string of the molecule is CN1CCN(CCCn2cc(-c3cncc(-c4ccsc4)c3)c3cc(Cl)ccc32)CC1. The van der Waals surface area contributed by atoms with Gasteiger partial charge >= 0.3 is 0 Å². The Balaban J connectivity index is 1.41. The number of thiophene rings is 1. The number of fused-ring (bicyclic) bond motifs is 1. The molecule has 5 rings (SSSR count). The number of hydrogen-bond acceptors (Lipinski definition) is 4. The number of piperazine rings is 1. The molecular formula is C25H27ClN4S. The topological polar surface area (TPSA) is 24.3 Å². The van der Waals surface area contributed by atoms with Crippen LogP contribution < -0.4 is 0 Å². The average Bonchev–Trinajstić information content (AvgIpc) is 3.44. The van der Waals surface area contributed by atoms with E-state index >= 15 is 0 Å². The van der Waals surface area contributed by atoms with Crippen LogP contribution in [-0.2, 0) is 6.54 Å². The highest BCUT2D eigenvalue weighted by molar-refractivity contribution is 7.08. The van der Waals surface area contributed by atoms with Gasteiger partial charge in [-0.1, -0.05) is 11.6 Å². The van der Waals surface area contributed by atoms with Crippen molar-refractivity contribution in [1.82, 2.24) is 19.4 Å². The number of likely N-dealkylation sites (N-methyl/N-ethyl adjacent to an activating group) is 1. The van der Waals surface area contributed by atoms with Crippen LogP contribution in [-0.4, -0.2) is 59.1 Å². The predicted octanol–water partition coefficient (Wildman–Crippen LogP) is 5.72. The minimum absolute atomic E-state index is 0.769. The summed E-state index contributed by atoms with van der Waals surface area (Å²) in [5.41, 5.74) is 5.93. The van der Waals surface area contributed by atoms with Crippen molar-refractivity contribution in [3.05, 3.63) is 64.7 Å². The van der Waals surface area contributed by atoms with E-state index in [-0.39, 0.29) is 0 Å². The third-order valence-corrected chi connectivity index (χ3v) is 7.13. The first kappa shape index (κ1) is 20.7. The fourth-order valence-electron chi connectivity index (χ4n) is 4.39. The van der Waals surface area contributed by atoms with E-state index in [1.165, 1.54) is 48.2 Å². The Kier molecular flexibility index (Phi) is 6.10. The molecule has 0 radical (unpaired) electrons. The second-order valence-corrected chi connectivity index (χ2v) is 9.59. The summed E-state index contributed by atoms with van der Waals surface area (Å²) in [6.45, 7) is 6.83. The van der Waals surface area contributed by atoms with Gasteiger partial charge in [-0.2, -0.15) is 11.3 Å². The van der Waals surface area contributed by atoms with Crippen LogP contribution in [0.25, 0.3) is 33.2 Å². The van der Waals surface area contributed by atoms with Crippen molar-refractivity contribution in [2.75, 3.05) is 39.8 Å². The van der Waals surface area contributed by atoms with Crippen molar-refractivity contribution in [3.63, 3.8) is 0 Å². The zero-order chi connectivity index (χ0) is 21.2. The van der Waals surface area contributed by atoms with Gasteiger partial charge in [-0.05, 0) is 66.7 Å². The normalized spacial score (nSPS) is 15.7. The van der Waals surface area contributed by atoms with E-state index in [1.54, 1.807) is 11.3 Å². The number of aromatic nitrogens is 2. The lowest BCUT2D eigenvalue weighted by molar-refractivity contribution is 0.151. The van der Waals surface area contributed by atoms with Gasteiger partial charge in [-0.15, -0.1) is 0 Å². The molecule has 4 nitrogen and oxygen atoms in total. The molecule has 0 N–H and O–H groups in total. The van der Waals surface area contributed by atoms with E-state index in [0.29, 0.717) is 0 Å². The molecule has 1 fully saturated rings. The first-order valence-electron chi connectivity index (χ1n) is 10.8. The molecule has 1 saturated heterocycles. The minimum Gasteiger partial charge on any atom is -0.347 e. The molecule has 0 aliphatic carbocycles. The van der Waals surface area contributed by atoms with Crippen molar-refractivity contribution in [3.8, 4) is 22.3 Å². The second-order valence-electron chi connectivity index (χ2n) is 8.37. The summed E-state index contributed by atoms with van der Waals surface area (Å²) in [6.07, 6.45) is 7.32. The van der Waals surface area contributed by atoms with Crippen molar-refractivity contribution < 1.29 is 0 Å². The Morgan fingerprint density at radius 1 is 0.968 bits per heavy atom. The van der Waals surface area contributed by atoms with Gasteiger partial charge in [0.1, 0.15) is 0 Å². The van der Waals surface area contributed by atoms with Gasteiger partial charge in [0, 0.05) is 83.9 Å². The number of hydrogen-bond donors (Lipinski definition) is 0. The molecule has 0 atom stereocenters. The number of pyridine rings is 1. The van der Waals surface area contributed by atoms with Crippen molar-refractivity contribution in [2.24, 2.45) is 0 Å². The molecule has 0 unspecified atom stereocenters. The molecular weight excluding hydrogens is 424 g/mol. The molecule has 6 heteroatoms. The third-order valence-electron chi connectivity index (χ3n) is 6.22. The van der Waals surface area contributed by atoms with Crippen LogP contribution in [0.2, 0.25) is 5.02 Å². The number of rotatable bonds is 6. The predicted molar refractivity (Wildman–Crippen MR) is 132 cm³/mol. The van der Waals surface area contributed by atoms with Gasteiger partial charge in [-0.3, -0.25) is 4.98 Å². The second kappa shape index (κ2) is 9.13. The van der Waals surface area contributed by atoms with Crippen molar-refractivity contribution in [2.45, 2.75) is 13.0 Å². The Bertz CT molecular complexity index is 1160. The first-order valence-corrected chi connectivity index (χ1v) is 12.2. The van der Waals surface area contributed by atoms with Crippen LogP contribution >= 0.6 is 22.9 Å². The van der Waals surface area contributed by atoms with E-state index in [1.807, 2.05) is 18.5 Å². The van der Waals surface area contributed by atoms with Gasteiger partial charge < -0.3 is 14.4 Å². The standard InChI is InChI=1S/C25H27ClN4S/c1-28-8-10-29(11-9-28)6-2-7-30-17-24(23-14-22(26)3-4-25(23)30)21-13-20(15-27-16-21)19-5-12-31-18-19/h3-5,12-18H,2,6-11H2,1H3. The maximum atomic E-state index is 6.38. The van der Waals surface area contributed by atoms with E-state index in [2.05, 4.69) is 67.6 Å². The highest BCUT2D eigenvalue weighted by Crippen LogP contribution is 2.34. The van der Waals surface area contributed by atoms with E-state index < -0.39 is 0 Å². The summed E-state index contributed by atoms with van der Waals surface area (Å²) in [5, 5.41) is 6.23. The Hall–Kier alpha value is -2.18. The van der Waals surface area contributed by atoms with E-state index in [0.717, 1.165) is 35.7 Å². The molecule has 0 amide bonds. The van der Waals surface area contributed by atoms with Crippen LogP contribution in [0, 0.1) is 0 Å².